The Morgan fingerprint density at radius 3 is 2.74 bits per heavy atom. The number of rotatable bonds is 6. The van der Waals surface area contributed by atoms with E-state index in [1.54, 1.807) is 6.20 Å². The van der Waals surface area contributed by atoms with E-state index in [0.717, 1.165) is 44.6 Å². The van der Waals surface area contributed by atoms with Crippen LogP contribution in [0.5, 0.6) is 0 Å². The molecule has 1 saturated heterocycles. The number of ether oxygens (including phenoxy) is 1. The van der Waals surface area contributed by atoms with E-state index in [9.17, 15) is 0 Å². The van der Waals surface area contributed by atoms with Crippen LogP contribution < -0.4 is 10.6 Å². The molecular weight excluding hydrogens is 457 g/mol. The number of hydrogen-bond donors (Lipinski definition) is 2. The van der Waals surface area contributed by atoms with Crippen molar-refractivity contribution in [1.82, 2.24) is 20.5 Å². The molecular formula is C19H36IN5O2. The quantitative estimate of drug-likeness (QED) is 0.361. The molecule has 0 spiro atoms. The number of guanidine groups is 1. The molecule has 1 aromatic heterocycles. The summed E-state index contributed by atoms with van der Waals surface area (Å²) in [6, 6.07) is 0.857. The molecule has 7 nitrogen and oxygen atoms in total. The minimum Gasteiger partial charge on any atom is -0.443 e. The van der Waals surface area contributed by atoms with E-state index < -0.39 is 0 Å². The van der Waals surface area contributed by atoms with Gasteiger partial charge in [0.05, 0.1) is 19.4 Å². The number of oxazole rings is 1. The maximum Gasteiger partial charge on any atom is 0.216 e. The first kappa shape index (κ1) is 24.2. The number of morpholine rings is 1. The summed E-state index contributed by atoms with van der Waals surface area (Å²) >= 11 is 0. The van der Waals surface area contributed by atoms with Crippen LogP contribution in [0.25, 0.3) is 0 Å². The van der Waals surface area contributed by atoms with Crippen LogP contribution in [0.15, 0.2) is 15.6 Å². The number of aromatic nitrogens is 1. The number of nitrogens with one attached hydrogen (secondary N) is 2. The molecule has 1 aromatic rings. The van der Waals surface area contributed by atoms with E-state index in [1.165, 1.54) is 0 Å². The van der Waals surface area contributed by atoms with Crippen molar-refractivity contribution in [2.45, 2.75) is 65.6 Å². The Labute approximate surface area is 180 Å². The Morgan fingerprint density at radius 2 is 2.15 bits per heavy atom. The van der Waals surface area contributed by atoms with Crippen molar-refractivity contribution in [3.05, 3.63) is 17.8 Å². The van der Waals surface area contributed by atoms with Crippen molar-refractivity contribution in [2.24, 2.45) is 4.99 Å². The Hall–Kier alpha value is -0.870. The molecule has 27 heavy (non-hydrogen) atoms. The lowest BCUT2D eigenvalue weighted by atomic mass is 9.94. The minimum absolute atomic E-state index is 0. The smallest absolute Gasteiger partial charge is 0.216 e. The zero-order chi connectivity index (χ0) is 19.2. The standard InChI is InChI=1S/C19H35N5O2.HI/c1-7-20-18(22-10-14(2)24-8-9-25-13-15(24)3)23-12-17-21-11-16(26-17)19(4,5)6;/h11,14-15H,7-10,12-13H2,1-6H3,(H2,20,22,23);1H. The third-order valence-electron chi connectivity index (χ3n) is 4.56. The highest BCUT2D eigenvalue weighted by atomic mass is 127. The zero-order valence-corrected chi connectivity index (χ0v) is 19.9. The Bertz CT molecular complexity index is 585. The number of hydrogen-bond acceptors (Lipinski definition) is 5. The topological polar surface area (TPSA) is 74.9 Å². The monoisotopic (exact) mass is 493 g/mol. The molecule has 0 aromatic carbocycles. The van der Waals surface area contributed by atoms with Gasteiger partial charge >= 0.3 is 0 Å². The largest absolute Gasteiger partial charge is 0.443 e. The summed E-state index contributed by atoms with van der Waals surface area (Å²) in [6.45, 7) is 17.5. The summed E-state index contributed by atoms with van der Waals surface area (Å²) < 4.78 is 11.3. The Morgan fingerprint density at radius 1 is 1.41 bits per heavy atom. The van der Waals surface area contributed by atoms with Gasteiger partial charge in [0.1, 0.15) is 12.3 Å². The van der Waals surface area contributed by atoms with Crippen molar-refractivity contribution >= 4 is 29.9 Å². The second kappa shape index (κ2) is 11.2. The second-order valence-corrected chi connectivity index (χ2v) is 7.96. The third kappa shape index (κ3) is 7.57. The molecule has 0 radical (unpaired) electrons. The number of halogens is 1. The first-order valence-electron chi connectivity index (χ1n) is 9.62. The van der Waals surface area contributed by atoms with Crippen molar-refractivity contribution in [3.63, 3.8) is 0 Å². The minimum atomic E-state index is -0.0397. The molecule has 1 aliphatic heterocycles. The second-order valence-electron chi connectivity index (χ2n) is 7.96. The lowest BCUT2D eigenvalue weighted by Gasteiger charge is -2.38. The van der Waals surface area contributed by atoms with Gasteiger partial charge in [0.2, 0.25) is 5.89 Å². The van der Waals surface area contributed by atoms with Gasteiger partial charge < -0.3 is 19.8 Å². The summed E-state index contributed by atoms with van der Waals surface area (Å²) in [7, 11) is 0. The maximum atomic E-state index is 5.82. The normalized spacial score (nSPS) is 20.1. The van der Waals surface area contributed by atoms with E-state index in [2.05, 4.69) is 67.1 Å². The van der Waals surface area contributed by atoms with Crippen molar-refractivity contribution in [2.75, 3.05) is 32.8 Å². The van der Waals surface area contributed by atoms with Gasteiger partial charge in [-0.1, -0.05) is 20.8 Å². The number of aliphatic imine (C=N–C) groups is 1. The molecule has 0 saturated carbocycles. The highest BCUT2D eigenvalue weighted by Gasteiger charge is 2.23. The van der Waals surface area contributed by atoms with E-state index >= 15 is 0 Å². The predicted molar refractivity (Wildman–Crippen MR) is 120 cm³/mol. The molecule has 1 fully saturated rings. The SMILES string of the molecule is CCNC(=NCc1ncc(C(C)(C)C)o1)NCC(C)N1CCOCC1C.I. The molecule has 1 aliphatic rings. The summed E-state index contributed by atoms with van der Waals surface area (Å²) in [4.78, 5) is 11.4. The first-order chi connectivity index (χ1) is 12.3. The molecule has 0 bridgehead atoms. The molecule has 2 rings (SSSR count). The van der Waals surface area contributed by atoms with Crippen molar-refractivity contribution in [1.29, 1.82) is 0 Å². The molecule has 0 aliphatic carbocycles. The Balaban J connectivity index is 0.00000364. The van der Waals surface area contributed by atoms with Crippen LogP contribution in [-0.4, -0.2) is 60.8 Å². The van der Waals surface area contributed by atoms with Gasteiger partial charge in [0, 0.05) is 37.1 Å². The molecule has 2 N–H and O–H groups in total. The lowest BCUT2D eigenvalue weighted by molar-refractivity contribution is -0.0174. The Kier molecular flexibility index (Phi) is 10.0. The fraction of sp³-hybridized carbons (Fsp3) is 0.789. The molecule has 2 atom stereocenters. The molecule has 8 heteroatoms. The van der Waals surface area contributed by atoms with E-state index in [-0.39, 0.29) is 29.4 Å². The van der Waals surface area contributed by atoms with Crippen molar-refractivity contribution in [3.8, 4) is 0 Å². The van der Waals surface area contributed by atoms with Crippen LogP contribution in [0.1, 0.15) is 53.2 Å². The predicted octanol–water partition coefficient (Wildman–Crippen LogP) is 2.75. The molecule has 156 valence electrons. The van der Waals surface area contributed by atoms with Gasteiger partial charge in [0.15, 0.2) is 5.96 Å². The summed E-state index contributed by atoms with van der Waals surface area (Å²) in [5.41, 5.74) is -0.0397. The van der Waals surface area contributed by atoms with Crippen LogP contribution in [0.4, 0.5) is 0 Å². The highest BCUT2D eigenvalue weighted by molar-refractivity contribution is 14.0. The fourth-order valence-corrected chi connectivity index (χ4v) is 2.97. The van der Waals surface area contributed by atoms with Gasteiger partial charge in [-0.05, 0) is 20.8 Å². The maximum absolute atomic E-state index is 5.82. The van der Waals surface area contributed by atoms with Crippen LogP contribution in [0.3, 0.4) is 0 Å². The average Bonchev–Trinajstić information content (AvgIpc) is 3.07. The van der Waals surface area contributed by atoms with Crippen LogP contribution in [0.2, 0.25) is 0 Å². The van der Waals surface area contributed by atoms with Gasteiger partial charge in [-0.15, -0.1) is 24.0 Å². The van der Waals surface area contributed by atoms with E-state index in [1.807, 2.05) is 0 Å². The van der Waals surface area contributed by atoms with Gasteiger partial charge in [-0.2, -0.15) is 0 Å². The van der Waals surface area contributed by atoms with Gasteiger partial charge in [-0.25, -0.2) is 9.98 Å². The lowest BCUT2D eigenvalue weighted by Crippen LogP contribution is -2.53. The molecule has 0 amide bonds. The molecule has 2 unspecified atom stereocenters. The summed E-state index contributed by atoms with van der Waals surface area (Å²) in [5, 5.41) is 6.72. The number of nitrogens with zero attached hydrogens (tertiary/aromatic N) is 3. The average molecular weight is 493 g/mol. The van der Waals surface area contributed by atoms with E-state index in [0.29, 0.717) is 24.5 Å². The van der Waals surface area contributed by atoms with Gasteiger partial charge in [0.25, 0.3) is 0 Å². The van der Waals surface area contributed by atoms with E-state index in [4.69, 9.17) is 9.15 Å². The molecule has 2 heterocycles. The zero-order valence-electron chi connectivity index (χ0n) is 17.5. The highest BCUT2D eigenvalue weighted by Crippen LogP contribution is 2.22. The fourth-order valence-electron chi connectivity index (χ4n) is 2.97. The summed E-state index contributed by atoms with van der Waals surface area (Å²) in [6.07, 6.45) is 1.80. The van der Waals surface area contributed by atoms with Gasteiger partial charge in [-0.3, -0.25) is 4.90 Å². The van der Waals surface area contributed by atoms with Crippen LogP contribution in [0, 0.1) is 0 Å². The third-order valence-corrected chi connectivity index (χ3v) is 4.56. The first-order valence-corrected chi connectivity index (χ1v) is 9.62. The van der Waals surface area contributed by atoms with Crippen molar-refractivity contribution < 1.29 is 9.15 Å². The summed E-state index contributed by atoms with van der Waals surface area (Å²) in [5.74, 6) is 2.31. The van der Waals surface area contributed by atoms with Crippen LogP contribution >= 0.6 is 24.0 Å². The van der Waals surface area contributed by atoms with Crippen LogP contribution in [-0.2, 0) is 16.7 Å².